The summed E-state index contributed by atoms with van der Waals surface area (Å²) in [6, 6.07) is 6.12. The van der Waals surface area contributed by atoms with E-state index in [1.807, 2.05) is 32.9 Å². The van der Waals surface area contributed by atoms with Crippen molar-refractivity contribution in [3.05, 3.63) is 35.2 Å². The van der Waals surface area contributed by atoms with E-state index < -0.39 is 0 Å². The van der Waals surface area contributed by atoms with Crippen molar-refractivity contribution in [2.75, 3.05) is 6.61 Å². The Labute approximate surface area is 123 Å². The van der Waals surface area contributed by atoms with E-state index in [2.05, 4.69) is 21.2 Å². The lowest BCUT2D eigenvalue weighted by Gasteiger charge is -2.13. The van der Waals surface area contributed by atoms with Gasteiger partial charge in [0.15, 0.2) is 0 Å². The highest BCUT2D eigenvalue weighted by atomic mass is 32.2. The maximum absolute atomic E-state index is 5.94. The number of nitrogens with zero attached hydrogens (tertiary/aromatic N) is 2. The number of hydrogen-bond acceptors (Lipinski definition) is 5. The molecule has 2 rings (SSSR count). The van der Waals surface area contributed by atoms with Gasteiger partial charge in [0.1, 0.15) is 11.6 Å². The van der Waals surface area contributed by atoms with Crippen molar-refractivity contribution in [3.63, 3.8) is 0 Å². The van der Waals surface area contributed by atoms with Crippen LogP contribution in [0.25, 0.3) is 0 Å². The molecule has 0 saturated heterocycles. The van der Waals surface area contributed by atoms with Crippen molar-refractivity contribution in [1.29, 1.82) is 0 Å². The van der Waals surface area contributed by atoms with Crippen LogP contribution in [0.5, 0.6) is 5.75 Å². The fourth-order valence-electron chi connectivity index (χ4n) is 1.82. The van der Waals surface area contributed by atoms with Crippen molar-refractivity contribution < 1.29 is 4.74 Å². The highest BCUT2D eigenvalue weighted by Gasteiger charge is 2.09. The summed E-state index contributed by atoms with van der Waals surface area (Å²) in [6.45, 7) is 6.49. The Morgan fingerprint density at radius 1 is 1.45 bits per heavy atom. The van der Waals surface area contributed by atoms with Gasteiger partial charge in [-0.1, -0.05) is 17.8 Å². The molecule has 1 aromatic carbocycles. The number of H-pyrrole nitrogens is 1. The molecule has 0 aliphatic carbocycles. The highest BCUT2D eigenvalue weighted by molar-refractivity contribution is 7.98. The van der Waals surface area contributed by atoms with E-state index in [-0.39, 0.29) is 6.04 Å². The molecule has 108 valence electrons. The van der Waals surface area contributed by atoms with Gasteiger partial charge in [0, 0.05) is 17.4 Å². The SMILES string of the molecule is CCOc1ccc(C(C)N)cc1CSc1n[nH]c(C)n1. The van der Waals surface area contributed by atoms with Crippen molar-refractivity contribution in [2.24, 2.45) is 5.73 Å². The molecule has 1 atom stereocenters. The molecule has 0 aliphatic rings. The Kier molecular flexibility index (Phi) is 5.03. The molecule has 0 amide bonds. The lowest BCUT2D eigenvalue weighted by molar-refractivity contribution is 0.337. The molecule has 0 aliphatic heterocycles. The first-order chi connectivity index (χ1) is 9.60. The molecule has 3 N–H and O–H groups in total. The fourth-order valence-corrected chi connectivity index (χ4v) is 2.64. The Hall–Kier alpha value is -1.53. The van der Waals surface area contributed by atoms with Gasteiger partial charge in [0.25, 0.3) is 0 Å². The largest absolute Gasteiger partial charge is 0.494 e. The first-order valence-electron chi connectivity index (χ1n) is 6.63. The Bertz CT molecular complexity index is 568. The van der Waals surface area contributed by atoms with Crippen molar-refractivity contribution in [3.8, 4) is 5.75 Å². The molecule has 2 aromatic rings. The number of aromatic nitrogens is 3. The lowest BCUT2D eigenvalue weighted by atomic mass is 10.1. The minimum atomic E-state index is 0.0141. The molecule has 1 aromatic heterocycles. The molecule has 0 fully saturated rings. The summed E-state index contributed by atoms with van der Waals surface area (Å²) in [6.07, 6.45) is 0. The third-order valence-electron chi connectivity index (χ3n) is 2.84. The third-order valence-corrected chi connectivity index (χ3v) is 3.74. The molecule has 5 nitrogen and oxygen atoms in total. The summed E-state index contributed by atoms with van der Waals surface area (Å²) < 4.78 is 5.66. The first-order valence-corrected chi connectivity index (χ1v) is 7.61. The van der Waals surface area contributed by atoms with Crippen LogP contribution in [-0.4, -0.2) is 21.8 Å². The first kappa shape index (κ1) is 14.9. The molecule has 0 saturated carbocycles. The minimum absolute atomic E-state index is 0.0141. The number of nitrogens with two attached hydrogens (primary N) is 1. The number of aryl methyl sites for hydroxylation is 1. The number of ether oxygens (including phenoxy) is 1. The van der Waals surface area contributed by atoms with Gasteiger partial charge in [-0.3, -0.25) is 5.10 Å². The van der Waals surface area contributed by atoms with Crippen molar-refractivity contribution >= 4 is 11.8 Å². The monoisotopic (exact) mass is 292 g/mol. The fraction of sp³-hybridized carbons (Fsp3) is 0.429. The molecular formula is C14H20N4OS. The third kappa shape index (κ3) is 3.74. The number of nitrogens with one attached hydrogen (secondary N) is 1. The maximum atomic E-state index is 5.94. The normalized spacial score (nSPS) is 12.4. The average molecular weight is 292 g/mol. The van der Waals surface area contributed by atoms with Crippen molar-refractivity contribution in [1.82, 2.24) is 15.2 Å². The molecule has 20 heavy (non-hydrogen) atoms. The van der Waals surface area contributed by atoms with E-state index in [1.165, 1.54) is 0 Å². The second-order valence-electron chi connectivity index (χ2n) is 4.58. The van der Waals surface area contributed by atoms with Gasteiger partial charge in [0.2, 0.25) is 5.16 Å². The van der Waals surface area contributed by atoms with E-state index in [0.29, 0.717) is 6.61 Å². The zero-order valence-corrected chi connectivity index (χ0v) is 12.8. The van der Waals surface area contributed by atoms with Gasteiger partial charge in [0.05, 0.1) is 6.61 Å². The minimum Gasteiger partial charge on any atom is -0.494 e. The second kappa shape index (κ2) is 6.76. The summed E-state index contributed by atoms with van der Waals surface area (Å²) in [5.41, 5.74) is 8.17. The number of thioether (sulfide) groups is 1. The standard InChI is InChI=1S/C14H20N4OS/c1-4-19-13-6-5-11(9(2)15)7-12(13)8-20-14-16-10(3)17-18-14/h5-7,9H,4,8,15H2,1-3H3,(H,16,17,18). The van der Waals surface area contributed by atoms with Crippen LogP contribution >= 0.6 is 11.8 Å². The summed E-state index contributed by atoms with van der Waals surface area (Å²) in [5, 5.41) is 7.71. The quantitative estimate of drug-likeness (QED) is 0.801. The van der Waals surface area contributed by atoms with Crippen LogP contribution in [0, 0.1) is 6.92 Å². The zero-order valence-electron chi connectivity index (χ0n) is 12.0. The van der Waals surface area contributed by atoms with Crippen LogP contribution in [0.1, 0.15) is 36.8 Å². The molecule has 1 unspecified atom stereocenters. The van der Waals surface area contributed by atoms with E-state index in [1.54, 1.807) is 11.8 Å². The number of benzene rings is 1. The number of aromatic amines is 1. The van der Waals surface area contributed by atoms with Crippen LogP contribution in [0.4, 0.5) is 0 Å². The Morgan fingerprint density at radius 2 is 2.25 bits per heavy atom. The predicted octanol–water partition coefficient (Wildman–Crippen LogP) is 2.82. The molecule has 6 heteroatoms. The molecular weight excluding hydrogens is 272 g/mol. The van der Waals surface area contributed by atoms with Crippen LogP contribution in [0.2, 0.25) is 0 Å². The second-order valence-corrected chi connectivity index (χ2v) is 5.52. The molecule has 0 radical (unpaired) electrons. The van der Waals surface area contributed by atoms with Crippen LogP contribution in [0.15, 0.2) is 23.4 Å². The zero-order chi connectivity index (χ0) is 14.5. The van der Waals surface area contributed by atoms with Crippen LogP contribution < -0.4 is 10.5 Å². The van der Waals surface area contributed by atoms with E-state index in [4.69, 9.17) is 10.5 Å². The van der Waals surface area contributed by atoms with Gasteiger partial charge >= 0.3 is 0 Å². The molecule has 1 heterocycles. The van der Waals surface area contributed by atoms with Crippen LogP contribution in [-0.2, 0) is 5.75 Å². The summed E-state index contributed by atoms with van der Waals surface area (Å²) in [4.78, 5) is 4.29. The van der Waals surface area contributed by atoms with E-state index in [9.17, 15) is 0 Å². The van der Waals surface area contributed by atoms with Gasteiger partial charge in [-0.05, 0) is 38.5 Å². The van der Waals surface area contributed by atoms with Crippen molar-refractivity contribution in [2.45, 2.75) is 37.7 Å². The summed E-state index contributed by atoms with van der Waals surface area (Å²) >= 11 is 1.58. The molecule has 0 spiro atoms. The van der Waals surface area contributed by atoms with E-state index >= 15 is 0 Å². The highest BCUT2D eigenvalue weighted by Crippen LogP contribution is 2.28. The van der Waals surface area contributed by atoms with Gasteiger partial charge in [-0.15, -0.1) is 5.10 Å². The summed E-state index contributed by atoms with van der Waals surface area (Å²) in [5.74, 6) is 2.48. The average Bonchev–Trinajstić information content (AvgIpc) is 2.83. The van der Waals surface area contributed by atoms with Gasteiger partial charge in [-0.25, -0.2) is 4.98 Å². The topological polar surface area (TPSA) is 76.8 Å². The van der Waals surface area contributed by atoms with Gasteiger partial charge < -0.3 is 10.5 Å². The predicted molar refractivity (Wildman–Crippen MR) is 80.9 cm³/mol. The lowest BCUT2D eigenvalue weighted by Crippen LogP contribution is -2.06. The smallest absolute Gasteiger partial charge is 0.208 e. The number of hydrogen-bond donors (Lipinski definition) is 2. The Balaban J connectivity index is 2.16. The van der Waals surface area contributed by atoms with E-state index in [0.717, 1.165) is 33.6 Å². The maximum Gasteiger partial charge on any atom is 0.208 e. The van der Waals surface area contributed by atoms with Gasteiger partial charge in [-0.2, -0.15) is 0 Å². The summed E-state index contributed by atoms with van der Waals surface area (Å²) in [7, 11) is 0. The Morgan fingerprint density at radius 3 is 2.85 bits per heavy atom. The molecule has 0 bridgehead atoms. The number of rotatable bonds is 6. The van der Waals surface area contributed by atoms with Crippen LogP contribution in [0.3, 0.4) is 0 Å².